The first kappa shape index (κ1) is 9.58. The summed E-state index contributed by atoms with van der Waals surface area (Å²) in [4.78, 5) is 22.0. The van der Waals surface area contributed by atoms with Crippen LogP contribution in [-0.4, -0.2) is 15.0 Å². The smallest absolute Gasteiger partial charge is 0.247 e. The highest BCUT2D eigenvalue weighted by Gasteiger charge is 2.04. The van der Waals surface area contributed by atoms with Crippen LogP contribution in [0.5, 0.6) is 0 Å². The van der Waals surface area contributed by atoms with E-state index in [-0.39, 0.29) is 5.56 Å². The third kappa shape index (κ3) is 1.93. The van der Waals surface area contributed by atoms with Gasteiger partial charge in [0.05, 0.1) is 5.69 Å². The zero-order valence-electron chi connectivity index (χ0n) is 8.61. The minimum atomic E-state index is -0.109. The van der Waals surface area contributed by atoms with Gasteiger partial charge in [-0.3, -0.25) is 4.79 Å². The Bertz CT molecular complexity index is 525. The predicted octanol–water partition coefficient (Wildman–Crippen LogP) is 1.45. The summed E-state index contributed by atoms with van der Waals surface area (Å²) in [7, 11) is 0. The van der Waals surface area contributed by atoms with E-state index in [2.05, 4.69) is 15.0 Å². The average Bonchev–Trinajstić information content (AvgIpc) is 2.23. The summed E-state index contributed by atoms with van der Waals surface area (Å²) < 4.78 is 0. The Labute approximate surface area is 87.0 Å². The Morgan fingerprint density at radius 2 is 2.07 bits per heavy atom. The molecule has 2 aromatic heterocycles. The van der Waals surface area contributed by atoms with Crippen molar-refractivity contribution in [2.45, 2.75) is 13.8 Å². The molecule has 0 saturated heterocycles. The molecule has 0 bridgehead atoms. The third-order valence-corrected chi connectivity index (χ3v) is 2.15. The largest absolute Gasteiger partial charge is 0.328 e. The van der Waals surface area contributed by atoms with Gasteiger partial charge in [0.15, 0.2) is 0 Å². The van der Waals surface area contributed by atoms with Gasteiger partial charge >= 0.3 is 0 Å². The van der Waals surface area contributed by atoms with E-state index >= 15 is 0 Å². The molecule has 0 unspecified atom stereocenters. The van der Waals surface area contributed by atoms with E-state index in [9.17, 15) is 4.79 Å². The number of H-pyrrole nitrogens is 1. The van der Waals surface area contributed by atoms with Gasteiger partial charge in [-0.05, 0) is 25.5 Å². The Morgan fingerprint density at radius 3 is 2.73 bits per heavy atom. The number of aromatic amines is 1. The molecule has 2 heterocycles. The Balaban J connectivity index is 2.58. The normalized spacial score (nSPS) is 10.3. The number of hydrogen-bond donors (Lipinski definition) is 1. The summed E-state index contributed by atoms with van der Waals surface area (Å²) in [5.74, 6) is 0.724. The molecule has 15 heavy (non-hydrogen) atoms. The lowest BCUT2D eigenvalue weighted by atomic mass is 10.1. The summed E-state index contributed by atoms with van der Waals surface area (Å²) in [6, 6.07) is 3.25. The highest BCUT2D eigenvalue weighted by atomic mass is 16.1. The van der Waals surface area contributed by atoms with E-state index in [0.717, 1.165) is 22.6 Å². The maximum Gasteiger partial charge on any atom is 0.247 e. The number of aryl methyl sites for hydroxylation is 2. The van der Waals surface area contributed by atoms with Crippen LogP contribution < -0.4 is 5.56 Å². The van der Waals surface area contributed by atoms with Gasteiger partial charge in [0.2, 0.25) is 5.56 Å². The van der Waals surface area contributed by atoms with Gasteiger partial charge in [0, 0.05) is 24.0 Å². The lowest BCUT2D eigenvalue weighted by Gasteiger charge is -2.04. The van der Waals surface area contributed by atoms with Crippen LogP contribution in [0.15, 0.2) is 29.3 Å². The fourth-order valence-corrected chi connectivity index (χ4v) is 1.38. The summed E-state index contributed by atoms with van der Waals surface area (Å²) in [5.41, 5.74) is 2.64. The summed E-state index contributed by atoms with van der Waals surface area (Å²) in [5, 5.41) is 0. The molecule has 0 spiro atoms. The van der Waals surface area contributed by atoms with Crippen molar-refractivity contribution in [2.24, 2.45) is 0 Å². The second-order valence-electron chi connectivity index (χ2n) is 3.39. The average molecular weight is 201 g/mol. The Kier molecular flexibility index (Phi) is 2.33. The van der Waals surface area contributed by atoms with Crippen LogP contribution in [0.3, 0.4) is 0 Å². The van der Waals surface area contributed by atoms with Gasteiger partial charge in [-0.25, -0.2) is 9.97 Å². The van der Waals surface area contributed by atoms with Gasteiger partial charge in [0.25, 0.3) is 0 Å². The van der Waals surface area contributed by atoms with Crippen LogP contribution in [0, 0.1) is 13.8 Å². The first-order chi connectivity index (χ1) is 7.16. The maximum atomic E-state index is 10.9. The van der Waals surface area contributed by atoms with E-state index in [1.165, 1.54) is 6.07 Å². The van der Waals surface area contributed by atoms with Crippen molar-refractivity contribution in [1.29, 1.82) is 0 Å². The molecule has 2 aromatic rings. The first-order valence-corrected chi connectivity index (χ1v) is 4.66. The standard InChI is InChI=1S/C11H11N3O/c1-7-5-12-8(2)14-11(7)9-3-4-10(15)13-6-9/h3-6H,1-2H3,(H,13,15). The number of nitrogens with zero attached hydrogens (tertiary/aromatic N) is 2. The van der Waals surface area contributed by atoms with Crippen LogP contribution in [0.4, 0.5) is 0 Å². The van der Waals surface area contributed by atoms with E-state index < -0.39 is 0 Å². The number of nitrogens with one attached hydrogen (secondary N) is 1. The van der Waals surface area contributed by atoms with Gasteiger partial charge < -0.3 is 4.98 Å². The van der Waals surface area contributed by atoms with Gasteiger partial charge in [-0.2, -0.15) is 0 Å². The Hall–Kier alpha value is -1.97. The van der Waals surface area contributed by atoms with Crippen LogP contribution in [-0.2, 0) is 0 Å². The van der Waals surface area contributed by atoms with Gasteiger partial charge in [0.1, 0.15) is 5.82 Å². The molecule has 0 saturated carbocycles. The lowest BCUT2D eigenvalue weighted by molar-refractivity contribution is 1.03. The number of hydrogen-bond acceptors (Lipinski definition) is 3. The van der Waals surface area contributed by atoms with E-state index in [0.29, 0.717) is 0 Å². The molecule has 0 atom stereocenters. The molecule has 0 radical (unpaired) electrons. The molecule has 0 aliphatic rings. The summed E-state index contributed by atoms with van der Waals surface area (Å²) in [6.07, 6.45) is 3.44. The van der Waals surface area contributed by atoms with E-state index in [1.807, 2.05) is 13.8 Å². The molecule has 0 amide bonds. The quantitative estimate of drug-likeness (QED) is 0.759. The number of aromatic nitrogens is 3. The first-order valence-electron chi connectivity index (χ1n) is 4.66. The second kappa shape index (κ2) is 3.65. The molecule has 76 valence electrons. The second-order valence-corrected chi connectivity index (χ2v) is 3.39. The van der Waals surface area contributed by atoms with Gasteiger partial charge in [-0.15, -0.1) is 0 Å². The topological polar surface area (TPSA) is 58.6 Å². The SMILES string of the molecule is Cc1ncc(C)c(-c2ccc(=O)[nH]c2)n1. The fourth-order valence-electron chi connectivity index (χ4n) is 1.38. The molecular formula is C11H11N3O. The predicted molar refractivity (Wildman–Crippen MR) is 57.6 cm³/mol. The highest BCUT2D eigenvalue weighted by Crippen LogP contribution is 2.18. The molecular weight excluding hydrogens is 190 g/mol. The van der Waals surface area contributed by atoms with Crippen molar-refractivity contribution < 1.29 is 0 Å². The van der Waals surface area contributed by atoms with Crippen LogP contribution in [0.1, 0.15) is 11.4 Å². The van der Waals surface area contributed by atoms with Crippen molar-refractivity contribution in [1.82, 2.24) is 15.0 Å². The minimum Gasteiger partial charge on any atom is -0.328 e. The van der Waals surface area contributed by atoms with E-state index in [1.54, 1.807) is 18.5 Å². The summed E-state index contributed by atoms with van der Waals surface area (Å²) in [6.45, 7) is 3.79. The highest BCUT2D eigenvalue weighted by molar-refractivity contribution is 5.60. The van der Waals surface area contributed by atoms with Crippen LogP contribution in [0.25, 0.3) is 11.3 Å². The van der Waals surface area contributed by atoms with E-state index in [4.69, 9.17) is 0 Å². The van der Waals surface area contributed by atoms with Gasteiger partial charge in [-0.1, -0.05) is 0 Å². The molecule has 4 nitrogen and oxygen atoms in total. The van der Waals surface area contributed by atoms with Crippen molar-refractivity contribution in [2.75, 3.05) is 0 Å². The Morgan fingerprint density at radius 1 is 1.27 bits per heavy atom. The molecule has 0 aliphatic carbocycles. The number of rotatable bonds is 1. The van der Waals surface area contributed by atoms with Crippen LogP contribution in [0.2, 0.25) is 0 Å². The lowest BCUT2D eigenvalue weighted by Crippen LogP contribution is -2.03. The molecule has 4 heteroatoms. The zero-order chi connectivity index (χ0) is 10.8. The third-order valence-electron chi connectivity index (χ3n) is 2.15. The fraction of sp³-hybridized carbons (Fsp3) is 0.182. The number of pyridine rings is 1. The molecule has 0 fully saturated rings. The maximum absolute atomic E-state index is 10.9. The minimum absolute atomic E-state index is 0.109. The molecule has 0 aliphatic heterocycles. The van der Waals surface area contributed by atoms with Crippen molar-refractivity contribution >= 4 is 0 Å². The van der Waals surface area contributed by atoms with Crippen molar-refractivity contribution in [3.05, 3.63) is 46.3 Å². The molecule has 1 N–H and O–H groups in total. The van der Waals surface area contributed by atoms with Crippen molar-refractivity contribution in [3.8, 4) is 11.3 Å². The van der Waals surface area contributed by atoms with Crippen LogP contribution >= 0.6 is 0 Å². The summed E-state index contributed by atoms with van der Waals surface area (Å²) >= 11 is 0. The zero-order valence-corrected chi connectivity index (χ0v) is 8.61. The van der Waals surface area contributed by atoms with Crippen molar-refractivity contribution in [3.63, 3.8) is 0 Å². The monoisotopic (exact) mass is 201 g/mol. The molecule has 2 rings (SSSR count). The molecule has 0 aromatic carbocycles.